The van der Waals surface area contributed by atoms with Crippen molar-refractivity contribution in [1.29, 1.82) is 0 Å². The summed E-state index contributed by atoms with van der Waals surface area (Å²) in [5.74, 6) is -0.511. The zero-order valence-electron chi connectivity index (χ0n) is 9.55. The molecule has 1 aromatic heterocycles. The number of hydrogen-bond donors (Lipinski definition) is 0. The number of esters is 1. The number of carbonyl (C=O) groups is 2. The maximum absolute atomic E-state index is 11.7. The van der Waals surface area contributed by atoms with Gasteiger partial charge in [-0.2, -0.15) is 0 Å². The molecule has 1 heterocycles. The minimum absolute atomic E-state index is 0.408. The number of ether oxygens (including phenoxy) is 2. The lowest BCUT2D eigenvalue weighted by Crippen LogP contribution is -2.15. The molecule has 0 N–H and O–H groups in total. The first-order valence-corrected chi connectivity index (χ1v) is 5.53. The summed E-state index contributed by atoms with van der Waals surface area (Å²) >= 11 is 5.86. The molecule has 0 aliphatic rings. The Hall–Kier alpha value is -2.01. The maximum Gasteiger partial charge on any atom is 0.421 e. The highest BCUT2D eigenvalue weighted by atomic mass is 35.5. The molecule has 1 aromatic carbocycles. The number of hydrogen-bond acceptors (Lipinski definition) is 4. The van der Waals surface area contributed by atoms with Crippen LogP contribution in [0, 0.1) is 0 Å². The van der Waals surface area contributed by atoms with Crippen molar-refractivity contribution in [3.05, 3.63) is 35.5 Å². The molecule has 94 valence electrons. The molecule has 0 saturated carbocycles. The third-order valence-corrected chi connectivity index (χ3v) is 2.53. The molecule has 0 atom stereocenters. The second kappa shape index (κ2) is 5.10. The van der Waals surface area contributed by atoms with Crippen LogP contribution in [0.2, 0.25) is 5.02 Å². The van der Waals surface area contributed by atoms with E-state index >= 15 is 0 Å². The highest BCUT2D eigenvalue weighted by molar-refractivity contribution is 6.31. The molecule has 0 spiro atoms. The van der Waals surface area contributed by atoms with Crippen LogP contribution in [0.25, 0.3) is 10.9 Å². The number of nitrogens with zero attached hydrogens (tertiary/aromatic N) is 1. The summed E-state index contributed by atoms with van der Waals surface area (Å²) in [6, 6.07) is 6.95. The van der Waals surface area contributed by atoms with Crippen LogP contribution in [0.15, 0.2) is 30.5 Å². The van der Waals surface area contributed by atoms with Crippen molar-refractivity contribution in [3.63, 3.8) is 0 Å². The first-order chi connectivity index (χ1) is 8.58. The van der Waals surface area contributed by atoms with Gasteiger partial charge in [-0.1, -0.05) is 17.7 Å². The average Bonchev–Trinajstić information content (AvgIpc) is 2.71. The summed E-state index contributed by atoms with van der Waals surface area (Å²) in [6.45, 7) is 0.826. The van der Waals surface area contributed by atoms with Crippen LogP contribution in [0.4, 0.5) is 4.79 Å². The molecule has 0 aliphatic carbocycles. The summed E-state index contributed by atoms with van der Waals surface area (Å²) in [5, 5.41) is 1.39. The largest absolute Gasteiger partial charge is 0.428 e. The first kappa shape index (κ1) is 12.4. The van der Waals surface area contributed by atoms with Gasteiger partial charge in [0, 0.05) is 23.5 Å². The lowest BCUT2D eigenvalue weighted by molar-refractivity contribution is -0.149. The van der Waals surface area contributed by atoms with Crippen LogP contribution in [-0.2, 0) is 14.3 Å². The van der Waals surface area contributed by atoms with Gasteiger partial charge in [0.05, 0.1) is 5.52 Å². The summed E-state index contributed by atoms with van der Waals surface area (Å²) < 4.78 is 10.6. The molecule has 0 radical (unpaired) electrons. The van der Waals surface area contributed by atoms with Gasteiger partial charge in [0.15, 0.2) is 0 Å². The fraction of sp³-hybridized carbons (Fsp3) is 0.167. The molecule has 0 fully saturated rings. The molecule has 2 aromatic rings. The Balaban J connectivity index is 2.17. The van der Waals surface area contributed by atoms with Gasteiger partial charge in [-0.3, -0.25) is 9.36 Å². The molecule has 6 heteroatoms. The number of carbonyl (C=O) groups excluding carboxylic acids is 2. The van der Waals surface area contributed by atoms with E-state index in [1.165, 1.54) is 11.5 Å². The predicted octanol–water partition coefficient (Wildman–Crippen LogP) is 2.80. The molecule has 5 nitrogen and oxygen atoms in total. The van der Waals surface area contributed by atoms with Gasteiger partial charge in [0.25, 0.3) is 0 Å². The summed E-state index contributed by atoms with van der Waals surface area (Å²) in [5.41, 5.74) is 0.635. The Morgan fingerprint density at radius 3 is 2.78 bits per heavy atom. The molecule has 0 amide bonds. The molecule has 0 saturated heterocycles. The summed E-state index contributed by atoms with van der Waals surface area (Å²) in [7, 11) is 0. The number of halogens is 1. The lowest BCUT2D eigenvalue weighted by Gasteiger charge is -2.06. The minimum atomic E-state index is -0.631. The Kier molecular flexibility index (Phi) is 3.53. The van der Waals surface area contributed by atoms with Gasteiger partial charge in [-0.15, -0.1) is 0 Å². The Morgan fingerprint density at radius 1 is 1.28 bits per heavy atom. The van der Waals surface area contributed by atoms with Crippen molar-refractivity contribution in [2.45, 2.75) is 6.92 Å². The Morgan fingerprint density at radius 2 is 2.06 bits per heavy atom. The van der Waals surface area contributed by atoms with Crippen molar-refractivity contribution in [3.8, 4) is 0 Å². The zero-order chi connectivity index (χ0) is 13.1. The third kappa shape index (κ3) is 2.62. The molecule has 0 bridgehead atoms. The first-order valence-electron chi connectivity index (χ1n) is 5.15. The molecule has 18 heavy (non-hydrogen) atoms. The zero-order valence-corrected chi connectivity index (χ0v) is 10.3. The number of rotatable bonds is 2. The quantitative estimate of drug-likeness (QED) is 0.620. The highest BCUT2D eigenvalue weighted by Gasteiger charge is 2.10. The van der Waals surface area contributed by atoms with Crippen LogP contribution in [-0.4, -0.2) is 23.4 Å². The van der Waals surface area contributed by atoms with E-state index in [2.05, 4.69) is 4.74 Å². The highest BCUT2D eigenvalue weighted by Crippen LogP contribution is 2.20. The predicted molar refractivity (Wildman–Crippen MR) is 65.5 cm³/mol. The topological polar surface area (TPSA) is 57.5 Å². The minimum Gasteiger partial charge on any atom is -0.428 e. The van der Waals surface area contributed by atoms with E-state index in [9.17, 15) is 9.59 Å². The van der Waals surface area contributed by atoms with Gasteiger partial charge in [0.1, 0.15) is 0 Å². The van der Waals surface area contributed by atoms with E-state index < -0.39 is 18.9 Å². The van der Waals surface area contributed by atoms with Crippen molar-refractivity contribution >= 4 is 34.6 Å². The number of benzene rings is 1. The van der Waals surface area contributed by atoms with Crippen molar-refractivity contribution in [1.82, 2.24) is 4.57 Å². The van der Waals surface area contributed by atoms with Gasteiger partial charge in [-0.25, -0.2) is 4.79 Å². The molecule has 2 rings (SSSR count). The fourth-order valence-corrected chi connectivity index (χ4v) is 1.66. The SMILES string of the molecule is CC(=O)OCOC(=O)n1ccc2ccc(Cl)cc21. The van der Waals surface area contributed by atoms with E-state index in [0.29, 0.717) is 10.5 Å². The van der Waals surface area contributed by atoms with Gasteiger partial charge in [0.2, 0.25) is 6.79 Å². The summed E-state index contributed by atoms with van der Waals surface area (Å²) in [4.78, 5) is 22.2. The van der Waals surface area contributed by atoms with Gasteiger partial charge in [-0.05, 0) is 18.2 Å². The van der Waals surface area contributed by atoms with Gasteiger partial charge < -0.3 is 9.47 Å². The van der Waals surface area contributed by atoms with E-state index in [1.54, 1.807) is 30.5 Å². The number of fused-ring (bicyclic) bond motifs is 1. The standard InChI is InChI=1S/C12H10ClNO4/c1-8(15)17-7-18-12(16)14-5-4-9-2-3-10(13)6-11(9)14/h2-6H,7H2,1H3. The molecule has 0 unspecified atom stereocenters. The summed E-state index contributed by atoms with van der Waals surface area (Å²) in [6.07, 6.45) is 0.936. The Labute approximate surface area is 108 Å². The molecular formula is C12H10ClNO4. The number of aromatic nitrogens is 1. The van der Waals surface area contributed by atoms with Crippen LogP contribution in [0.5, 0.6) is 0 Å². The van der Waals surface area contributed by atoms with Crippen LogP contribution in [0.3, 0.4) is 0 Å². The van der Waals surface area contributed by atoms with Crippen molar-refractivity contribution in [2.24, 2.45) is 0 Å². The lowest BCUT2D eigenvalue weighted by atomic mass is 10.2. The van der Waals surface area contributed by atoms with Crippen molar-refractivity contribution in [2.75, 3.05) is 6.79 Å². The maximum atomic E-state index is 11.7. The Bertz CT molecular complexity index is 605. The van der Waals surface area contributed by atoms with E-state index in [-0.39, 0.29) is 0 Å². The second-order valence-electron chi connectivity index (χ2n) is 3.55. The van der Waals surface area contributed by atoms with E-state index in [0.717, 1.165) is 5.39 Å². The third-order valence-electron chi connectivity index (χ3n) is 2.30. The van der Waals surface area contributed by atoms with E-state index in [1.807, 2.05) is 0 Å². The molecule has 0 aliphatic heterocycles. The smallest absolute Gasteiger partial charge is 0.421 e. The molecular weight excluding hydrogens is 258 g/mol. The fourth-order valence-electron chi connectivity index (χ4n) is 1.49. The van der Waals surface area contributed by atoms with Crippen LogP contribution < -0.4 is 0 Å². The van der Waals surface area contributed by atoms with Crippen LogP contribution in [0.1, 0.15) is 6.92 Å². The van der Waals surface area contributed by atoms with Crippen LogP contribution >= 0.6 is 11.6 Å². The average molecular weight is 268 g/mol. The van der Waals surface area contributed by atoms with Gasteiger partial charge >= 0.3 is 12.1 Å². The van der Waals surface area contributed by atoms with Crippen molar-refractivity contribution < 1.29 is 19.1 Å². The second-order valence-corrected chi connectivity index (χ2v) is 3.99. The monoisotopic (exact) mass is 267 g/mol. The normalized spacial score (nSPS) is 10.3. The van der Waals surface area contributed by atoms with E-state index in [4.69, 9.17) is 16.3 Å².